The third-order valence-corrected chi connectivity index (χ3v) is 4.90. The normalized spacial score (nSPS) is 29.4. The highest BCUT2D eigenvalue weighted by Crippen LogP contribution is 2.43. The molecular formula is C16H24O2. The van der Waals surface area contributed by atoms with Gasteiger partial charge in [-0.25, -0.2) is 0 Å². The van der Waals surface area contributed by atoms with Crippen molar-refractivity contribution in [1.29, 1.82) is 0 Å². The van der Waals surface area contributed by atoms with Crippen molar-refractivity contribution >= 4 is 11.6 Å². The van der Waals surface area contributed by atoms with E-state index < -0.39 is 0 Å². The van der Waals surface area contributed by atoms with Gasteiger partial charge in [-0.05, 0) is 56.4 Å². The SMILES string of the molecule is CC(=O)C(C)CCC1C2=C(CCC2=O)CCC1C. The molecule has 0 amide bonds. The Hall–Kier alpha value is -0.920. The van der Waals surface area contributed by atoms with Crippen molar-refractivity contribution < 1.29 is 9.59 Å². The van der Waals surface area contributed by atoms with Gasteiger partial charge in [0.15, 0.2) is 5.78 Å². The Balaban J connectivity index is 2.07. The summed E-state index contributed by atoms with van der Waals surface area (Å²) in [5, 5.41) is 0. The van der Waals surface area contributed by atoms with Crippen molar-refractivity contribution in [2.45, 2.75) is 59.3 Å². The molecular weight excluding hydrogens is 224 g/mol. The molecule has 2 aliphatic carbocycles. The van der Waals surface area contributed by atoms with Gasteiger partial charge in [-0.2, -0.15) is 0 Å². The van der Waals surface area contributed by atoms with E-state index in [1.54, 1.807) is 6.92 Å². The molecule has 0 heterocycles. The maximum Gasteiger partial charge on any atom is 0.159 e. The minimum atomic E-state index is 0.139. The molecule has 0 spiro atoms. The van der Waals surface area contributed by atoms with Crippen molar-refractivity contribution in [3.63, 3.8) is 0 Å². The minimum Gasteiger partial charge on any atom is -0.300 e. The van der Waals surface area contributed by atoms with Crippen LogP contribution in [0.15, 0.2) is 11.1 Å². The third-order valence-electron chi connectivity index (χ3n) is 4.90. The molecule has 2 heteroatoms. The molecule has 0 aliphatic heterocycles. The summed E-state index contributed by atoms with van der Waals surface area (Å²) >= 11 is 0. The zero-order valence-corrected chi connectivity index (χ0v) is 11.8. The van der Waals surface area contributed by atoms with Crippen LogP contribution in [-0.4, -0.2) is 11.6 Å². The van der Waals surface area contributed by atoms with E-state index in [-0.39, 0.29) is 11.7 Å². The second-order valence-corrected chi connectivity index (χ2v) is 6.15. The maximum atomic E-state index is 12.0. The van der Waals surface area contributed by atoms with E-state index in [1.165, 1.54) is 12.0 Å². The van der Waals surface area contributed by atoms with E-state index in [9.17, 15) is 9.59 Å². The van der Waals surface area contributed by atoms with E-state index in [0.717, 1.165) is 37.7 Å². The molecule has 0 aromatic rings. The molecule has 0 fully saturated rings. The van der Waals surface area contributed by atoms with Crippen LogP contribution in [0.4, 0.5) is 0 Å². The van der Waals surface area contributed by atoms with E-state index in [1.807, 2.05) is 6.92 Å². The molecule has 18 heavy (non-hydrogen) atoms. The fourth-order valence-electron chi connectivity index (χ4n) is 3.41. The molecule has 0 saturated heterocycles. The first-order valence-electron chi connectivity index (χ1n) is 7.26. The summed E-state index contributed by atoms with van der Waals surface area (Å²) in [5.74, 6) is 1.82. The lowest BCUT2D eigenvalue weighted by Gasteiger charge is -2.31. The minimum absolute atomic E-state index is 0.139. The smallest absolute Gasteiger partial charge is 0.159 e. The van der Waals surface area contributed by atoms with Gasteiger partial charge in [-0.1, -0.05) is 19.4 Å². The molecule has 2 nitrogen and oxygen atoms in total. The molecule has 0 aromatic heterocycles. The van der Waals surface area contributed by atoms with Crippen molar-refractivity contribution in [3.05, 3.63) is 11.1 Å². The van der Waals surface area contributed by atoms with Gasteiger partial charge in [0.1, 0.15) is 5.78 Å². The molecule has 2 rings (SSSR count). The van der Waals surface area contributed by atoms with E-state index in [0.29, 0.717) is 17.6 Å². The topological polar surface area (TPSA) is 34.1 Å². The Labute approximate surface area is 110 Å². The van der Waals surface area contributed by atoms with E-state index in [4.69, 9.17) is 0 Å². The van der Waals surface area contributed by atoms with Gasteiger partial charge in [0.05, 0.1) is 0 Å². The summed E-state index contributed by atoms with van der Waals surface area (Å²) in [4.78, 5) is 23.3. The molecule has 0 bridgehead atoms. The van der Waals surface area contributed by atoms with Crippen LogP contribution in [0.5, 0.6) is 0 Å². The summed E-state index contributed by atoms with van der Waals surface area (Å²) in [6.07, 6.45) is 6.00. The first-order chi connectivity index (χ1) is 8.50. The lowest BCUT2D eigenvalue weighted by atomic mass is 9.73. The standard InChI is InChI=1S/C16H24O2/c1-10(12(3)17)5-8-14-11(2)4-6-13-7-9-15(18)16(13)14/h10-11,14H,4-9H2,1-3H3. The highest BCUT2D eigenvalue weighted by Gasteiger charge is 2.35. The van der Waals surface area contributed by atoms with Gasteiger partial charge in [-0.15, -0.1) is 0 Å². The Kier molecular flexibility index (Phi) is 4.04. The second kappa shape index (κ2) is 5.38. The Morgan fingerprint density at radius 3 is 2.72 bits per heavy atom. The second-order valence-electron chi connectivity index (χ2n) is 6.15. The van der Waals surface area contributed by atoms with Gasteiger partial charge >= 0.3 is 0 Å². The van der Waals surface area contributed by atoms with Crippen LogP contribution in [0.25, 0.3) is 0 Å². The highest BCUT2D eigenvalue weighted by molar-refractivity contribution is 5.99. The number of carbonyl (C=O) groups is 2. The third kappa shape index (κ3) is 2.57. The van der Waals surface area contributed by atoms with Crippen molar-refractivity contribution in [3.8, 4) is 0 Å². The zero-order chi connectivity index (χ0) is 13.3. The largest absolute Gasteiger partial charge is 0.300 e. The number of carbonyl (C=O) groups excluding carboxylic acids is 2. The summed E-state index contributed by atoms with van der Waals surface area (Å²) in [5.41, 5.74) is 2.59. The first-order valence-corrected chi connectivity index (χ1v) is 7.26. The average molecular weight is 248 g/mol. The van der Waals surface area contributed by atoms with Crippen molar-refractivity contribution in [2.24, 2.45) is 17.8 Å². The van der Waals surface area contributed by atoms with Crippen LogP contribution in [0.1, 0.15) is 59.3 Å². The Bertz CT molecular complexity index is 392. The molecule has 3 atom stereocenters. The fraction of sp³-hybridized carbons (Fsp3) is 0.750. The van der Waals surface area contributed by atoms with Gasteiger partial charge in [0, 0.05) is 12.3 Å². The molecule has 100 valence electrons. The van der Waals surface area contributed by atoms with E-state index in [2.05, 4.69) is 6.92 Å². The quantitative estimate of drug-likeness (QED) is 0.760. The molecule has 0 saturated carbocycles. The lowest BCUT2D eigenvalue weighted by Crippen LogP contribution is -2.23. The van der Waals surface area contributed by atoms with Crippen molar-refractivity contribution in [1.82, 2.24) is 0 Å². The fourth-order valence-corrected chi connectivity index (χ4v) is 3.41. The van der Waals surface area contributed by atoms with E-state index >= 15 is 0 Å². The van der Waals surface area contributed by atoms with Crippen LogP contribution in [0, 0.1) is 17.8 Å². The molecule has 3 unspecified atom stereocenters. The zero-order valence-electron chi connectivity index (χ0n) is 11.8. The van der Waals surface area contributed by atoms with Crippen molar-refractivity contribution in [2.75, 3.05) is 0 Å². The van der Waals surface area contributed by atoms with Gasteiger partial charge in [-0.3, -0.25) is 9.59 Å². The monoisotopic (exact) mass is 248 g/mol. The van der Waals surface area contributed by atoms with Crippen LogP contribution >= 0.6 is 0 Å². The summed E-state index contributed by atoms with van der Waals surface area (Å²) < 4.78 is 0. The summed E-state index contributed by atoms with van der Waals surface area (Å²) in [6.45, 7) is 5.93. The molecule has 0 radical (unpaired) electrons. The number of Topliss-reactive ketones (excluding diaryl/α,β-unsaturated/α-hetero) is 2. The van der Waals surface area contributed by atoms with Gasteiger partial charge in [0.25, 0.3) is 0 Å². The van der Waals surface area contributed by atoms with Crippen LogP contribution in [-0.2, 0) is 9.59 Å². The number of hydrogen-bond acceptors (Lipinski definition) is 2. The summed E-state index contributed by atoms with van der Waals surface area (Å²) in [7, 11) is 0. The number of allylic oxidation sites excluding steroid dienone is 2. The average Bonchev–Trinajstić information content (AvgIpc) is 2.69. The van der Waals surface area contributed by atoms with Gasteiger partial charge in [0.2, 0.25) is 0 Å². The molecule has 2 aliphatic rings. The predicted molar refractivity (Wildman–Crippen MR) is 72.2 cm³/mol. The highest BCUT2D eigenvalue weighted by atomic mass is 16.1. The Morgan fingerprint density at radius 1 is 1.33 bits per heavy atom. The van der Waals surface area contributed by atoms with Gasteiger partial charge < -0.3 is 0 Å². The first kappa shape index (κ1) is 13.5. The van der Waals surface area contributed by atoms with Crippen LogP contribution in [0.2, 0.25) is 0 Å². The molecule has 0 aromatic carbocycles. The number of hydrogen-bond donors (Lipinski definition) is 0. The Morgan fingerprint density at radius 2 is 2.06 bits per heavy atom. The lowest BCUT2D eigenvalue weighted by molar-refractivity contribution is -0.120. The van der Waals surface area contributed by atoms with Crippen LogP contribution in [0.3, 0.4) is 0 Å². The number of ketones is 2. The predicted octanol–water partition coefficient (Wildman–Crippen LogP) is 3.70. The maximum absolute atomic E-state index is 12.0. The summed E-state index contributed by atoms with van der Waals surface area (Å²) in [6, 6.07) is 0. The van der Waals surface area contributed by atoms with Crippen LogP contribution < -0.4 is 0 Å². The number of rotatable bonds is 4. The molecule has 0 N–H and O–H groups in total.